The minimum atomic E-state index is -3.67. The van der Waals surface area contributed by atoms with Crippen molar-refractivity contribution in [2.24, 2.45) is 5.73 Å². The average Bonchev–Trinajstić information content (AvgIpc) is 3.63. The molecule has 0 aliphatic carbocycles. The lowest BCUT2D eigenvalue weighted by atomic mass is 10.2. The van der Waals surface area contributed by atoms with E-state index in [0.29, 0.717) is 24.1 Å². The molecule has 0 saturated carbocycles. The van der Waals surface area contributed by atoms with Crippen LogP contribution in [0, 0.1) is 5.82 Å². The number of rotatable bonds is 3. The van der Waals surface area contributed by atoms with Gasteiger partial charge in [0.05, 0.1) is 12.4 Å². The zero-order valence-electron chi connectivity index (χ0n) is 27.8. The largest absolute Gasteiger partial charge is 1.00 e. The van der Waals surface area contributed by atoms with Gasteiger partial charge in [-0.15, -0.1) is 4.71 Å². The van der Waals surface area contributed by atoms with Crippen LogP contribution in [0.25, 0.3) is 22.1 Å². The van der Waals surface area contributed by atoms with Crippen LogP contribution in [0.5, 0.6) is 0 Å². The van der Waals surface area contributed by atoms with Gasteiger partial charge in [0, 0.05) is 43.3 Å². The highest BCUT2D eigenvalue weighted by atomic mass is 19.4. The van der Waals surface area contributed by atoms with Gasteiger partial charge in [0.1, 0.15) is 42.3 Å². The summed E-state index contributed by atoms with van der Waals surface area (Å²) in [5.74, 6) is -0.293. The van der Waals surface area contributed by atoms with Gasteiger partial charge in [0.25, 0.3) is 0 Å². The van der Waals surface area contributed by atoms with Crippen LogP contribution in [0.1, 0.15) is 31.9 Å². The number of H-pyrrole nitrogens is 2. The lowest BCUT2D eigenvalue weighted by molar-refractivity contribution is -1.14. The van der Waals surface area contributed by atoms with Gasteiger partial charge in [0.2, 0.25) is 0 Å². The normalized spacial score (nSPS) is 18.5. The van der Waals surface area contributed by atoms with Crippen molar-refractivity contribution < 1.29 is 62.9 Å². The first-order valence-corrected chi connectivity index (χ1v) is 14.8. The second-order valence-electron chi connectivity index (χ2n) is 12.1. The van der Waals surface area contributed by atoms with Crippen LogP contribution in [0.2, 0.25) is 0 Å². The predicted molar refractivity (Wildman–Crippen MR) is 168 cm³/mol. The Labute approximate surface area is 283 Å². The molecule has 4 aromatic heterocycles. The first-order valence-electron chi connectivity index (χ1n) is 14.8. The molecule has 0 radical (unpaired) electrons. The molecular formula is C28H40B2F10N8O2. The zero-order valence-corrected chi connectivity index (χ0v) is 27.8. The number of ether oxygens (including phenoxy) is 1. The number of alkyl carbamates (subject to hydrolysis) is 1. The van der Waals surface area contributed by atoms with Crippen molar-refractivity contribution in [1.29, 1.82) is 0 Å². The minimum absolute atomic E-state index is 0. The summed E-state index contributed by atoms with van der Waals surface area (Å²) in [4.78, 5) is 25.4. The maximum absolute atomic E-state index is 13.4. The molecule has 22 heteroatoms. The number of aromatic amines is 2. The van der Waals surface area contributed by atoms with Crippen molar-refractivity contribution in [2.75, 3.05) is 46.3 Å². The fourth-order valence-corrected chi connectivity index (χ4v) is 4.84. The van der Waals surface area contributed by atoms with Crippen LogP contribution in [0.15, 0.2) is 43.0 Å². The Kier molecular flexibility index (Phi) is 18.9. The molecule has 10 nitrogen and oxygen atoms in total. The molecule has 3 aliphatic rings. The summed E-state index contributed by atoms with van der Waals surface area (Å²) in [5, 5.41) is 4.24. The number of pyridine rings is 2. The number of fused-ring (bicyclic) bond motifs is 5. The summed E-state index contributed by atoms with van der Waals surface area (Å²) in [6.45, 7) is 11.6. The average molecular weight is 732 g/mol. The number of nitrogens with two attached hydrogens (primary N) is 1. The monoisotopic (exact) mass is 732 g/mol. The Hall–Kier alpha value is -4.04. The van der Waals surface area contributed by atoms with Crippen molar-refractivity contribution in [2.45, 2.75) is 39.5 Å². The highest BCUT2D eigenvalue weighted by Gasteiger charge is 2.48. The molecule has 0 atom stereocenters. The number of aromatic nitrogens is 4. The van der Waals surface area contributed by atoms with Crippen LogP contribution in [0.4, 0.5) is 39.6 Å². The molecule has 3 fully saturated rings. The molecule has 1 amide bonds. The van der Waals surface area contributed by atoms with E-state index in [9.17, 15) is 39.6 Å². The maximum Gasteiger partial charge on any atom is 0.762 e. The van der Waals surface area contributed by atoms with Gasteiger partial charge in [-0.25, -0.2) is 19.2 Å². The Bertz CT molecular complexity index is 1520. The van der Waals surface area contributed by atoms with E-state index in [1.54, 1.807) is 18.5 Å². The van der Waals surface area contributed by atoms with Crippen LogP contribution >= 0.6 is 0 Å². The Morgan fingerprint density at radius 3 is 1.88 bits per heavy atom. The second-order valence-corrected chi connectivity index (χ2v) is 12.1. The lowest BCUT2D eigenvalue weighted by Gasteiger charge is -2.47. The molecule has 2 bridgehead atoms. The highest BCUT2D eigenvalue weighted by Crippen LogP contribution is 2.24. The minimum Gasteiger partial charge on any atom is -1.00 e. The molecule has 3 aliphatic heterocycles. The number of hydrogen-bond donors (Lipinski definition) is 4. The number of nitrogens with zero attached hydrogens (tertiary/aromatic N) is 4. The summed E-state index contributed by atoms with van der Waals surface area (Å²) in [7, 11) is -5.09. The van der Waals surface area contributed by atoms with Crippen molar-refractivity contribution in [3.63, 3.8) is 0 Å². The van der Waals surface area contributed by atoms with Gasteiger partial charge in [-0.1, -0.05) is 0 Å². The first kappa shape index (κ1) is 46.0. The Balaban J connectivity index is 0.000000657. The molecule has 5 N–H and O–H groups in total. The van der Waals surface area contributed by atoms with Gasteiger partial charge < -0.3 is 39.6 Å². The van der Waals surface area contributed by atoms with Crippen LogP contribution < -0.4 is 20.5 Å². The third-order valence-corrected chi connectivity index (χ3v) is 7.33. The summed E-state index contributed by atoms with van der Waals surface area (Å²) in [5.41, 5.74) is 8.11. The maximum atomic E-state index is 13.4. The number of hydrogen-bond acceptors (Lipinski definition) is 5. The van der Waals surface area contributed by atoms with E-state index in [-0.39, 0.29) is 19.9 Å². The third-order valence-electron chi connectivity index (χ3n) is 7.33. The molecule has 4 aromatic rings. The summed E-state index contributed by atoms with van der Waals surface area (Å²) < 4.78 is 90.7. The van der Waals surface area contributed by atoms with Gasteiger partial charge in [-0.2, -0.15) is 0 Å². The van der Waals surface area contributed by atoms with E-state index in [1.165, 1.54) is 6.20 Å². The number of piperazine rings is 3. The number of nitrogens with one attached hydrogen (secondary N) is 3. The molecule has 0 unspecified atom stereocenters. The molecule has 3 saturated heterocycles. The fourth-order valence-electron chi connectivity index (χ4n) is 4.84. The zero-order chi connectivity index (χ0) is 36.1. The van der Waals surface area contributed by atoms with Crippen molar-refractivity contribution in [3.05, 3.63) is 59.9 Å². The molecular weight excluding hydrogens is 692 g/mol. The number of carbonyl (C=O) groups excluding carboxylic acids is 1. The quantitative estimate of drug-likeness (QED) is 0.0997. The molecule has 7 heterocycles. The first-order chi connectivity index (χ1) is 22.4. The van der Waals surface area contributed by atoms with Crippen molar-refractivity contribution >= 4 is 43.2 Å². The van der Waals surface area contributed by atoms with E-state index in [0.717, 1.165) is 65.9 Å². The van der Waals surface area contributed by atoms with Crippen LogP contribution in [0.3, 0.4) is 0 Å². The number of amides is 1. The highest BCUT2D eigenvalue weighted by molar-refractivity contribution is 6.33. The van der Waals surface area contributed by atoms with Gasteiger partial charge in [-0.3, -0.25) is 25.9 Å². The van der Waals surface area contributed by atoms with E-state index >= 15 is 0 Å². The summed E-state index contributed by atoms with van der Waals surface area (Å²) in [6.07, 6.45) is 6.03. The Morgan fingerprint density at radius 2 is 1.40 bits per heavy atom. The summed E-state index contributed by atoms with van der Waals surface area (Å²) in [6, 6.07) is 5.54. The standard InChI is InChI=1S/C13H17N3O2.C8H8FN3.C7H15FN2.2BF3.2FH/c1-13(2,3)18-12(17)16-8-9-4-6-14-11-10(9)5-7-15-11;9-6-4-12-8-7(6)5(3-10)1-2-11-8;1-9-2-5-10(8,6-3-9)7-4-9;2*2-1(3)4;;/h4-7H,8H2,1-3H3,(H,14,15)(H,16,17);1-2,4H,3,10H2,(H,11,12);2-7H2,1H3;;;2*1H/q;;+2;;;;/p-2. The molecule has 50 heavy (non-hydrogen) atoms. The van der Waals surface area contributed by atoms with E-state index in [2.05, 4.69) is 32.3 Å². The fraction of sp³-hybridized carbons (Fsp3) is 0.464. The SMILES string of the molecule is CC(C)(C)OC(=O)NCc1ccnc2[nH]ccc12.C[N+]12CC[N+](F)(CC1)CC2.FB(F)F.FB(F)F.NCc1ccnc2[nH]cc(F)c12.[F-].[F-]. The number of halogens is 10. The Morgan fingerprint density at radius 1 is 0.900 bits per heavy atom. The van der Waals surface area contributed by atoms with Crippen molar-refractivity contribution in [3.8, 4) is 0 Å². The molecule has 0 spiro atoms. The number of carbonyl (C=O) groups is 1. The van der Waals surface area contributed by atoms with Crippen molar-refractivity contribution in [1.82, 2.24) is 25.3 Å². The topological polar surface area (TPSA) is 122 Å². The van der Waals surface area contributed by atoms with Gasteiger partial charge in [0.15, 0.2) is 19.6 Å². The third kappa shape index (κ3) is 15.7. The van der Waals surface area contributed by atoms with E-state index in [1.807, 2.05) is 39.1 Å². The molecule has 280 valence electrons. The van der Waals surface area contributed by atoms with Gasteiger partial charge in [-0.05, 0) is 54.6 Å². The second kappa shape index (κ2) is 20.6. The van der Waals surface area contributed by atoms with Crippen LogP contribution in [-0.2, 0) is 17.8 Å². The molecule has 7 rings (SSSR count). The van der Waals surface area contributed by atoms with E-state index < -0.39 is 26.8 Å². The molecule has 0 aromatic carbocycles. The lowest BCUT2D eigenvalue weighted by Crippen LogP contribution is -3.00. The number of quaternary nitrogens is 2. The van der Waals surface area contributed by atoms with Crippen LogP contribution in [-0.4, -0.2) is 102 Å². The number of likely N-dealkylation sites (N-methyl/N-ethyl adjacent to an activating group) is 1. The van der Waals surface area contributed by atoms with E-state index in [4.69, 9.17) is 10.5 Å². The van der Waals surface area contributed by atoms with Gasteiger partial charge >= 0.3 is 21.2 Å². The summed E-state index contributed by atoms with van der Waals surface area (Å²) >= 11 is 0. The smallest absolute Gasteiger partial charge is 0.762 e. The predicted octanol–water partition coefficient (Wildman–Crippen LogP) is -0.323.